The summed E-state index contributed by atoms with van der Waals surface area (Å²) in [5, 5.41) is 0.536. The van der Waals surface area contributed by atoms with E-state index in [1.165, 1.54) is 4.57 Å². The Morgan fingerprint density at radius 2 is 2.00 bits per heavy atom. The van der Waals surface area contributed by atoms with Crippen molar-refractivity contribution < 1.29 is 0 Å². The van der Waals surface area contributed by atoms with Gasteiger partial charge in [0, 0.05) is 11.1 Å². The lowest BCUT2D eigenvalue weighted by molar-refractivity contribution is 0.593. The van der Waals surface area contributed by atoms with E-state index < -0.39 is 11.1 Å². The summed E-state index contributed by atoms with van der Waals surface area (Å²) < 4.78 is 1.44. The highest BCUT2D eigenvalue weighted by Gasteiger charge is 2.10. The molecule has 0 radical (unpaired) electrons. The molecule has 0 saturated heterocycles. The maximum Gasteiger partial charge on any atom is 0.316 e. The van der Waals surface area contributed by atoms with Crippen LogP contribution in [-0.4, -0.2) is 9.55 Å². The van der Waals surface area contributed by atoms with Crippen molar-refractivity contribution in [3.63, 3.8) is 0 Å². The Morgan fingerprint density at radius 1 is 1.31 bits per heavy atom. The Balaban J connectivity index is 3.03. The quantitative estimate of drug-likeness (QED) is 0.772. The van der Waals surface area contributed by atoms with Crippen molar-refractivity contribution in [3.05, 3.63) is 43.9 Å². The molecule has 4 nitrogen and oxygen atoms in total. The Kier molecular flexibility index (Phi) is 2.59. The maximum atomic E-state index is 11.7. The Labute approximate surface area is 96.5 Å². The number of fused-ring (bicyclic) bond motifs is 1. The predicted molar refractivity (Wildman–Crippen MR) is 64.2 cm³/mol. The van der Waals surface area contributed by atoms with Gasteiger partial charge in [0.15, 0.2) is 0 Å². The molecule has 0 spiro atoms. The first-order chi connectivity index (χ1) is 7.50. The lowest BCUT2D eigenvalue weighted by Crippen LogP contribution is -2.37. The zero-order valence-corrected chi connectivity index (χ0v) is 9.71. The lowest BCUT2D eigenvalue weighted by atomic mass is 10.2. The number of rotatable bonds is 1. The average molecular weight is 239 g/mol. The van der Waals surface area contributed by atoms with Gasteiger partial charge in [-0.3, -0.25) is 14.2 Å². The van der Waals surface area contributed by atoms with Crippen molar-refractivity contribution in [2.45, 2.75) is 19.9 Å². The molecule has 0 aliphatic heterocycles. The summed E-state index contributed by atoms with van der Waals surface area (Å²) in [6.07, 6.45) is 0. The minimum atomic E-state index is -0.608. The summed E-state index contributed by atoms with van der Waals surface area (Å²) in [7, 11) is 0. The van der Waals surface area contributed by atoms with Crippen LogP contribution in [0.25, 0.3) is 11.0 Å². The third-order valence-corrected chi connectivity index (χ3v) is 2.63. The molecule has 1 N–H and O–H groups in total. The molecular weight excluding hydrogens is 228 g/mol. The van der Waals surface area contributed by atoms with Gasteiger partial charge in [-0.15, -0.1) is 0 Å². The molecule has 5 heteroatoms. The molecule has 1 heterocycles. The maximum absolute atomic E-state index is 11.7. The summed E-state index contributed by atoms with van der Waals surface area (Å²) in [5.41, 5.74) is 0.100. The molecule has 0 aliphatic rings. The lowest BCUT2D eigenvalue weighted by Gasteiger charge is -2.12. The number of H-pyrrole nitrogens is 1. The summed E-state index contributed by atoms with van der Waals surface area (Å²) in [4.78, 5) is 25.7. The van der Waals surface area contributed by atoms with Crippen LogP contribution in [0.4, 0.5) is 0 Å². The molecule has 0 atom stereocenters. The predicted octanol–water partition coefficient (Wildman–Crippen LogP) is 1.92. The topological polar surface area (TPSA) is 54.9 Å². The number of benzene rings is 1. The zero-order valence-electron chi connectivity index (χ0n) is 8.95. The molecule has 0 fully saturated rings. The number of nitrogens with zero attached hydrogens (tertiary/aromatic N) is 1. The smallest absolute Gasteiger partial charge is 0.316 e. The van der Waals surface area contributed by atoms with E-state index in [0.29, 0.717) is 16.1 Å². The van der Waals surface area contributed by atoms with E-state index in [-0.39, 0.29) is 6.04 Å². The molecular formula is C11H11ClN2O2. The molecule has 0 aliphatic carbocycles. The van der Waals surface area contributed by atoms with Gasteiger partial charge in [0.2, 0.25) is 0 Å². The third kappa shape index (κ3) is 1.65. The van der Waals surface area contributed by atoms with E-state index in [2.05, 4.69) is 4.98 Å². The molecule has 2 aromatic rings. The SMILES string of the molecule is CC(C)n1c(=O)c(=O)[nH]c2ccc(Cl)cc21. The Hall–Kier alpha value is -1.55. The number of halogens is 1. The number of hydrogen-bond donors (Lipinski definition) is 1. The summed E-state index contributed by atoms with van der Waals surface area (Å²) in [5.74, 6) is 0. The second-order valence-electron chi connectivity index (χ2n) is 3.88. The molecule has 16 heavy (non-hydrogen) atoms. The van der Waals surface area contributed by atoms with Crippen molar-refractivity contribution in [2.75, 3.05) is 0 Å². The van der Waals surface area contributed by atoms with Crippen LogP contribution in [0.15, 0.2) is 27.8 Å². The van der Waals surface area contributed by atoms with Gasteiger partial charge in [-0.05, 0) is 32.0 Å². The van der Waals surface area contributed by atoms with Gasteiger partial charge in [-0.1, -0.05) is 11.6 Å². The van der Waals surface area contributed by atoms with E-state index in [0.717, 1.165) is 0 Å². The minimum absolute atomic E-state index is 0.0873. The van der Waals surface area contributed by atoms with Crippen LogP contribution in [0.5, 0.6) is 0 Å². The van der Waals surface area contributed by atoms with E-state index in [9.17, 15) is 9.59 Å². The highest BCUT2D eigenvalue weighted by molar-refractivity contribution is 6.31. The first-order valence-electron chi connectivity index (χ1n) is 4.95. The third-order valence-electron chi connectivity index (χ3n) is 2.40. The van der Waals surface area contributed by atoms with Crippen LogP contribution < -0.4 is 11.1 Å². The van der Waals surface area contributed by atoms with Crippen LogP contribution in [0.2, 0.25) is 5.02 Å². The number of aromatic amines is 1. The van der Waals surface area contributed by atoms with Gasteiger partial charge in [0.25, 0.3) is 0 Å². The fourth-order valence-corrected chi connectivity index (χ4v) is 1.88. The van der Waals surface area contributed by atoms with Crippen molar-refractivity contribution in [1.82, 2.24) is 9.55 Å². The van der Waals surface area contributed by atoms with Crippen LogP contribution in [-0.2, 0) is 0 Å². The highest BCUT2D eigenvalue weighted by atomic mass is 35.5. The second-order valence-corrected chi connectivity index (χ2v) is 4.32. The zero-order chi connectivity index (χ0) is 11.9. The highest BCUT2D eigenvalue weighted by Crippen LogP contribution is 2.17. The van der Waals surface area contributed by atoms with Crippen LogP contribution in [0.3, 0.4) is 0 Å². The molecule has 0 saturated carbocycles. The first kappa shape index (κ1) is 11.0. The monoisotopic (exact) mass is 238 g/mol. The van der Waals surface area contributed by atoms with E-state index >= 15 is 0 Å². The largest absolute Gasteiger partial charge is 0.316 e. The number of hydrogen-bond acceptors (Lipinski definition) is 2. The first-order valence-corrected chi connectivity index (χ1v) is 5.32. The van der Waals surface area contributed by atoms with Gasteiger partial charge in [0.05, 0.1) is 11.0 Å². The Morgan fingerprint density at radius 3 is 2.62 bits per heavy atom. The van der Waals surface area contributed by atoms with E-state index in [1.807, 2.05) is 13.8 Å². The van der Waals surface area contributed by atoms with Gasteiger partial charge in [0.1, 0.15) is 0 Å². The van der Waals surface area contributed by atoms with Gasteiger partial charge in [-0.2, -0.15) is 0 Å². The molecule has 84 valence electrons. The molecule has 0 bridgehead atoms. The molecule has 1 aromatic heterocycles. The summed E-state index contributed by atoms with van der Waals surface area (Å²) in [6, 6.07) is 4.95. The summed E-state index contributed by atoms with van der Waals surface area (Å²) >= 11 is 5.88. The fraction of sp³-hybridized carbons (Fsp3) is 0.273. The minimum Gasteiger partial charge on any atom is -0.316 e. The van der Waals surface area contributed by atoms with Crippen molar-refractivity contribution in [3.8, 4) is 0 Å². The number of aromatic nitrogens is 2. The fourth-order valence-electron chi connectivity index (χ4n) is 1.72. The standard InChI is InChI=1S/C11H11ClN2O2/c1-6(2)14-9-5-7(12)3-4-8(9)13-10(15)11(14)16/h3-6H,1-2H3,(H,13,15). The second kappa shape index (κ2) is 3.79. The van der Waals surface area contributed by atoms with E-state index in [1.54, 1.807) is 18.2 Å². The van der Waals surface area contributed by atoms with Crippen molar-refractivity contribution in [2.24, 2.45) is 0 Å². The van der Waals surface area contributed by atoms with Crippen molar-refractivity contribution >= 4 is 22.6 Å². The normalized spacial score (nSPS) is 11.2. The molecule has 0 unspecified atom stereocenters. The summed E-state index contributed by atoms with van der Waals surface area (Å²) in [6.45, 7) is 3.70. The van der Waals surface area contributed by atoms with Crippen LogP contribution >= 0.6 is 11.6 Å². The van der Waals surface area contributed by atoms with Crippen LogP contribution in [0, 0.1) is 0 Å². The molecule has 1 aromatic carbocycles. The van der Waals surface area contributed by atoms with Gasteiger partial charge in [-0.25, -0.2) is 0 Å². The van der Waals surface area contributed by atoms with E-state index in [4.69, 9.17) is 11.6 Å². The molecule has 0 amide bonds. The number of nitrogens with one attached hydrogen (secondary N) is 1. The molecule has 2 rings (SSSR count). The van der Waals surface area contributed by atoms with Crippen molar-refractivity contribution in [1.29, 1.82) is 0 Å². The van der Waals surface area contributed by atoms with Crippen LogP contribution in [0.1, 0.15) is 19.9 Å². The van der Waals surface area contributed by atoms with Gasteiger partial charge >= 0.3 is 11.1 Å². The average Bonchev–Trinajstić information content (AvgIpc) is 2.20. The van der Waals surface area contributed by atoms with Gasteiger partial charge < -0.3 is 4.98 Å². The Bertz CT molecular complexity index is 655.